The Morgan fingerprint density at radius 1 is 1.27 bits per heavy atom. The standard InChI is InChI=1S/C15H10Cl2FN3S/c1-7-15(22)21-10-5-4-8(16)12(17)11(10)14(20-7)13-9(18)3-2-6-19-13/h2-7H,1H3,(H,21,22)/t7-/m0/s1. The summed E-state index contributed by atoms with van der Waals surface area (Å²) in [5.41, 5.74) is 1.58. The minimum absolute atomic E-state index is 0.117. The molecular formula is C15H10Cl2FN3S. The number of pyridine rings is 1. The number of nitrogens with one attached hydrogen (secondary N) is 1. The lowest BCUT2D eigenvalue weighted by atomic mass is 10.0. The minimum Gasteiger partial charge on any atom is -0.348 e. The lowest BCUT2D eigenvalue weighted by Crippen LogP contribution is -2.20. The van der Waals surface area contributed by atoms with Crippen LogP contribution in [-0.4, -0.2) is 21.7 Å². The zero-order chi connectivity index (χ0) is 15.9. The summed E-state index contributed by atoms with van der Waals surface area (Å²) in [4.78, 5) is 9.11. The first-order valence-corrected chi connectivity index (χ1v) is 7.63. The maximum absolute atomic E-state index is 14.2. The van der Waals surface area contributed by atoms with E-state index in [1.54, 1.807) is 12.1 Å². The lowest BCUT2D eigenvalue weighted by molar-refractivity contribution is 0.618. The van der Waals surface area contributed by atoms with Crippen LogP contribution in [0.3, 0.4) is 0 Å². The van der Waals surface area contributed by atoms with Crippen molar-refractivity contribution >= 4 is 51.8 Å². The van der Waals surface area contributed by atoms with E-state index >= 15 is 0 Å². The zero-order valence-corrected chi connectivity index (χ0v) is 13.7. The van der Waals surface area contributed by atoms with Crippen LogP contribution in [0.25, 0.3) is 0 Å². The monoisotopic (exact) mass is 353 g/mol. The quantitative estimate of drug-likeness (QED) is 0.766. The molecule has 1 atom stereocenters. The molecule has 1 aromatic carbocycles. The summed E-state index contributed by atoms with van der Waals surface area (Å²) in [6.07, 6.45) is 1.50. The summed E-state index contributed by atoms with van der Waals surface area (Å²) in [7, 11) is 0. The number of aliphatic imine (C=N–C) groups is 1. The number of aromatic nitrogens is 1. The van der Waals surface area contributed by atoms with Gasteiger partial charge in [0.25, 0.3) is 0 Å². The maximum Gasteiger partial charge on any atom is 0.151 e. The first-order chi connectivity index (χ1) is 10.5. The fourth-order valence-corrected chi connectivity index (χ4v) is 2.75. The second-order valence-corrected chi connectivity index (χ2v) is 5.99. The molecule has 2 aromatic rings. The van der Waals surface area contributed by atoms with E-state index in [1.165, 1.54) is 18.3 Å². The maximum atomic E-state index is 14.2. The van der Waals surface area contributed by atoms with Crippen molar-refractivity contribution in [1.82, 2.24) is 4.98 Å². The van der Waals surface area contributed by atoms with E-state index in [1.807, 2.05) is 6.92 Å². The van der Waals surface area contributed by atoms with Crippen molar-refractivity contribution < 1.29 is 4.39 Å². The van der Waals surface area contributed by atoms with Crippen LogP contribution in [0.5, 0.6) is 0 Å². The first-order valence-electron chi connectivity index (χ1n) is 6.47. The van der Waals surface area contributed by atoms with E-state index < -0.39 is 5.82 Å². The third-order valence-corrected chi connectivity index (χ3v) is 4.52. The summed E-state index contributed by atoms with van der Waals surface area (Å²) in [6, 6.07) is 5.90. The van der Waals surface area contributed by atoms with Crippen molar-refractivity contribution in [2.24, 2.45) is 4.99 Å². The highest BCUT2D eigenvalue weighted by atomic mass is 35.5. The normalized spacial score (nSPS) is 17.4. The Morgan fingerprint density at radius 2 is 2.05 bits per heavy atom. The van der Waals surface area contributed by atoms with E-state index in [4.69, 9.17) is 35.4 Å². The third-order valence-electron chi connectivity index (χ3n) is 3.27. The molecule has 1 aromatic heterocycles. The van der Waals surface area contributed by atoms with Crippen molar-refractivity contribution in [2.75, 3.05) is 5.32 Å². The lowest BCUT2D eigenvalue weighted by Gasteiger charge is -2.13. The molecular weight excluding hydrogens is 344 g/mol. The van der Waals surface area contributed by atoms with Crippen LogP contribution in [0.2, 0.25) is 10.0 Å². The van der Waals surface area contributed by atoms with Gasteiger partial charge in [-0.15, -0.1) is 0 Å². The molecule has 22 heavy (non-hydrogen) atoms. The number of halogens is 3. The highest BCUT2D eigenvalue weighted by Gasteiger charge is 2.26. The number of benzene rings is 1. The molecule has 1 aliphatic rings. The summed E-state index contributed by atoms with van der Waals surface area (Å²) in [6.45, 7) is 1.82. The number of rotatable bonds is 1. The van der Waals surface area contributed by atoms with Crippen molar-refractivity contribution in [2.45, 2.75) is 13.0 Å². The summed E-state index contributed by atoms with van der Waals surface area (Å²) in [5.74, 6) is -0.483. The van der Waals surface area contributed by atoms with Crippen molar-refractivity contribution in [3.8, 4) is 0 Å². The van der Waals surface area contributed by atoms with Gasteiger partial charge in [0.15, 0.2) is 5.82 Å². The van der Waals surface area contributed by atoms with Gasteiger partial charge in [-0.1, -0.05) is 35.4 Å². The molecule has 112 valence electrons. The van der Waals surface area contributed by atoms with E-state index in [0.717, 1.165) is 0 Å². The van der Waals surface area contributed by atoms with Crippen LogP contribution in [0.4, 0.5) is 10.1 Å². The zero-order valence-electron chi connectivity index (χ0n) is 11.4. The van der Waals surface area contributed by atoms with Gasteiger partial charge in [0.1, 0.15) is 10.7 Å². The smallest absolute Gasteiger partial charge is 0.151 e. The molecule has 0 saturated heterocycles. The summed E-state index contributed by atoms with van der Waals surface area (Å²) >= 11 is 17.7. The first kappa shape index (κ1) is 15.3. The topological polar surface area (TPSA) is 37.3 Å². The van der Waals surface area contributed by atoms with Gasteiger partial charge in [0, 0.05) is 11.8 Å². The van der Waals surface area contributed by atoms with Crippen molar-refractivity contribution in [3.05, 3.63) is 57.6 Å². The molecule has 0 amide bonds. The van der Waals surface area contributed by atoms with E-state index in [9.17, 15) is 4.39 Å². The van der Waals surface area contributed by atoms with E-state index in [-0.39, 0.29) is 16.8 Å². The number of anilines is 1. The molecule has 0 spiro atoms. The largest absolute Gasteiger partial charge is 0.348 e. The van der Waals surface area contributed by atoms with Gasteiger partial charge in [-0.05, 0) is 31.2 Å². The molecule has 3 nitrogen and oxygen atoms in total. The van der Waals surface area contributed by atoms with Crippen LogP contribution in [-0.2, 0) is 0 Å². The van der Waals surface area contributed by atoms with E-state index in [0.29, 0.717) is 27.0 Å². The second-order valence-electron chi connectivity index (χ2n) is 4.76. The molecule has 0 saturated carbocycles. The predicted molar refractivity (Wildman–Crippen MR) is 92.0 cm³/mol. The molecule has 0 aliphatic carbocycles. The molecule has 1 aliphatic heterocycles. The third kappa shape index (κ3) is 2.60. The van der Waals surface area contributed by atoms with Gasteiger partial charge in [-0.25, -0.2) is 4.39 Å². The molecule has 1 N–H and O–H groups in total. The fourth-order valence-electron chi connectivity index (χ4n) is 2.18. The molecule has 0 bridgehead atoms. The molecule has 2 heterocycles. The molecule has 7 heteroatoms. The Morgan fingerprint density at radius 3 is 2.77 bits per heavy atom. The number of thiocarbonyl (C=S) groups is 1. The van der Waals surface area contributed by atoms with Crippen LogP contribution < -0.4 is 5.32 Å². The highest BCUT2D eigenvalue weighted by molar-refractivity contribution is 7.80. The van der Waals surface area contributed by atoms with Gasteiger partial charge >= 0.3 is 0 Å². The highest BCUT2D eigenvalue weighted by Crippen LogP contribution is 2.35. The van der Waals surface area contributed by atoms with Crippen LogP contribution in [0.1, 0.15) is 18.2 Å². The van der Waals surface area contributed by atoms with Gasteiger partial charge in [0.2, 0.25) is 0 Å². The molecule has 3 rings (SSSR count). The van der Waals surface area contributed by atoms with Crippen molar-refractivity contribution in [1.29, 1.82) is 0 Å². The summed E-state index contributed by atoms with van der Waals surface area (Å²) < 4.78 is 14.2. The van der Waals surface area contributed by atoms with Gasteiger partial charge in [-0.3, -0.25) is 9.98 Å². The van der Waals surface area contributed by atoms with Gasteiger partial charge in [0.05, 0.1) is 27.5 Å². The Hall–Kier alpha value is -1.56. The second kappa shape index (κ2) is 5.91. The Balaban J connectivity index is 2.33. The number of nitrogens with zero attached hydrogens (tertiary/aromatic N) is 2. The number of benzodiazepines with no additional fused rings is 1. The molecule has 0 radical (unpaired) electrons. The Kier molecular flexibility index (Phi) is 4.12. The average molecular weight is 354 g/mol. The Labute approximate surface area is 142 Å². The van der Waals surface area contributed by atoms with E-state index in [2.05, 4.69) is 15.3 Å². The van der Waals surface area contributed by atoms with Gasteiger partial charge in [-0.2, -0.15) is 0 Å². The number of fused-ring (bicyclic) bond motifs is 1. The van der Waals surface area contributed by atoms with Crippen LogP contribution in [0.15, 0.2) is 35.5 Å². The van der Waals surface area contributed by atoms with Crippen LogP contribution >= 0.6 is 35.4 Å². The molecule has 0 fully saturated rings. The number of hydrogen-bond acceptors (Lipinski definition) is 3. The number of hydrogen-bond donors (Lipinski definition) is 1. The van der Waals surface area contributed by atoms with Crippen LogP contribution in [0, 0.1) is 5.82 Å². The predicted octanol–water partition coefficient (Wildman–Crippen LogP) is 4.51. The SMILES string of the molecule is C[C@@H]1N=C(c2ncccc2F)c2c(ccc(Cl)c2Cl)NC1=S. The van der Waals surface area contributed by atoms with Gasteiger partial charge < -0.3 is 5.32 Å². The summed E-state index contributed by atoms with van der Waals surface area (Å²) in [5, 5.41) is 3.72. The Bertz CT molecular complexity index is 807. The van der Waals surface area contributed by atoms with Crippen molar-refractivity contribution in [3.63, 3.8) is 0 Å². The fraction of sp³-hybridized carbons (Fsp3) is 0.133. The molecule has 0 unspecified atom stereocenters. The minimum atomic E-state index is -0.483. The average Bonchev–Trinajstić information content (AvgIpc) is 2.61.